The molecule has 0 fully saturated rings. The number of benzene rings is 2. The van der Waals surface area contributed by atoms with Crippen molar-refractivity contribution in [3.8, 4) is 11.8 Å². The Morgan fingerprint density at radius 2 is 2.06 bits per heavy atom. The largest absolute Gasteiger partial charge is 0.322 e. The van der Waals surface area contributed by atoms with E-state index in [1.165, 1.54) is 4.68 Å². The van der Waals surface area contributed by atoms with Crippen LogP contribution in [-0.4, -0.2) is 32.1 Å². The number of hydrogen-bond acceptors (Lipinski definition) is 4. The van der Waals surface area contributed by atoms with E-state index >= 15 is 0 Å². The molecular weight excluding hydrogens is 395 g/mol. The van der Waals surface area contributed by atoms with Gasteiger partial charge in [-0.05, 0) is 41.8 Å². The number of nitrogens with zero attached hydrogens (tertiary/aromatic N) is 5. The molecule has 31 heavy (non-hydrogen) atoms. The smallest absolute Gasteiger partial charge is 0.255 e. The van der Waals surface area contributed by atoms with Gasteiger partial charge < -0.3 is 5.32 Å². The Kier molecular flexibility index (Phi) is 5.50. The Bertz CT molecular complexity index is 1300. The molecule has 4 rings (SSSR count). The van der Waals surface area contributed by atoms with Gasteiger partial charge in [0.05, 0.1) is 42.3 Å². The first-order valence-corrected chi connectivity index (χ1v) is 9.92. The molecule has 0 aliphatic heterocycles. The summed E-state index contributed by atoms with van der Waals surface area (Å²) in [6.45, 7) is 3.60. The number of amides is 1. The van der Waals surface area contributed by atoms with E-state index in [1.807, 2.05) is 32.0 Å². The van der Waals surface area contributed by atoms with Crippen molar-refractivity contribution < 1.29 is 9.18 Å². The van der Waals surface area contributed by atoms with Crippen molar-refractivity contribution in [2.75, 3.05) is 12.0 Å². The lowest BCUT2D eigenvalue weighted by molar-refractivity contribution is 0.102. The number of carbonyl (C=O) groups excluding carboxylic acids is 1. The maximum Gasteiger partial charge on any atom is 0.255 e. The van der Waals surface area contributed by atoms with Gasteiger partial charge in [0.15, 0.2) is 0 Å². The monoisotopic (exact) mass is 416 g/mol. The zero-order chi connectivity index (χ0) is 22.0. The minimum absolute atomic E-state index is 0.0290. The van der Waals surface area contributed by atoms with Crippen molar-refractivity contribution in [2.24, 2.45) is 0 Å². The molecule has 1 N–H and O–H groups in total. The van der Waals surface area contributed by atoms with Crippen molar-refractivity contribution in [3.05, 3.63) is 71.7 Å². The van der Waals surface area contributed by atoms with Gasteiger partial charge in [-0.25, -0.2) is 9.07 Å². The summed E-state index contributed by atoms with van der Waals surface area (Å²) in [4.78, 5) is 13.0. The molecule has 0 saturated carbocycles. The molecule has 0 atom stereocenters. The quantitative estimate of drug-likeness (QED) is 0.503. The summed E-state index contributed by atoms with van der Waals surface area (Å²) >= 11 is 0. The molecule has 0 spiro atoms. The Hall–Kier alpha value is -3.99. The van der Waals surface area contributed by atoms with Crippen molar-refractivity contribution in [3.63, 3.8) is 0 Å². The van der Waals surface area contributed by atoms with E-state index in [9.17, 15) is 14.4 Å². The van der Waals surface area contributed by atoms with Gasteiger partial charge in [-0.2, -0.15) is 15.5 Å². The van der Waals surface area contributed by atoms with E-state index in [1.54, 1.807) is 41.5 Å². The average molecular weight is 416 g/mol. The second kappa shape index (κ2) is 8.40. The van der Waals surface area contributed by atoms with E-state index in [-0.39, 0.29) is 18.4 Å². The van der Waals surface area contributed by atoms with Crippen LogP contribution in [0.1, 0.15) is 41.3 Å². The number of alkyl halides is 1. The first-order chi connectivity index (χ1) is 15.0. The highest BCUT2D eigenvalue weighted by atomic mass is 19.1. The summed E-state index contributed by atoms with van der Waals surface area (Å²) in [7, 11) is 0. The highest BCUT2D eigenvalue weighted by Crippen LogP contribution is 2.26. The summed E-state index contributed by atoms with van der Waals surface area (Å²) in [5.74, 6) is -0.247. The summed E-state index contributed by atoms with van der Waals surface area (Å²) in [5, 5.41) is 21.8. The number of rotatable bonds is 6. The van der Waals surface area contributed by atoms with Crippen LogP contribution in [0, 0.1) is 11.3 Å². The predicted molar refractivity (Wildman–Crippen MR) is 116 cm³/mol. The second-order valence-electron chi connectivity index (χ2n) is 7.47. The van der Waals surface area contributed by atoms with Crippen LogP contribution in [-0.2, 0) is 6.54 Å². The first kappa shape index (κ1) is 20.3. The molecule has 1 amide bonds. The Labute approximate surface area is 178 Å². The minimum atomic E-state index is -0.497. The molecule has 0 unspecified atom stereocenters. The summed E-state index contributed by atoms with van der Waals surface area (Å²) < 4.78 is 15.8. The molecule has 7 nitrogen and oxygen atoms in total. The third kappa shape index (κ3) is 3.90. The van der Waals surface area contributed by atoms with Crippen molar-refractivity contribution in [1.82, 2.24) is 19.6 Å². The lowest BCUT2D eigenvalue weighted by Crippen LogP contribution is -2.16. The number of hydrogen-bond donors (Lipinski definition) is 1. The van der Waals surface area contributed by atoms with Crippen LogP contribution in [0.5, 0.6) is 0 Å². The predicted octanol–water partition coefficient (Wildman–Crippen LogP) is 4.44. The number of anilines is 1. The highest BCUT2D eigenvalue weighted by Gasteiger charge is 2.18. The lowest BCUT2D eigenvalue weighted by Gasteiger charge is -2.14. The fourth-order valence-corrected chi connectivity index (χ4v) is 3.65. The molecular formula is C23H21FN6O. The van der Waals surface area contributed by atoms with Gasteiger partial charge in [0.1, 0.15) is 12.4 Å². The number of carbonyl (C=O) groups is 1. The summed E-state index contributed by atoms with van der Waals surface area (Å²) in [6, 6.07) is 12.8. The third-order valence-corrected chi connectivity index (χ3v) is 5.06. The lowest BCUT2D eigenvalue weighted by atomic mass is 9.92. The molecule has 0 bridgehead atoms. The maximum absolute atomic E-state index is 13.0. The number of halogens is 1. The summed E-state index contributed by atoms with van der Waals surface area (Å²) in [6.07, 6.45) is 5.07. The zero-order valence-electron chi connectivity index (χ0n) is 17.2. The molecule has 156 valence electrons. The number of fused-ring (bicyclic) bond motifs is 1. The van der Waals surface area contributed by atoms with E-state index in [4.69, 9.17) is 0 Å². The number of aromatic nitrogens is 4. The van der Waals surface area contributed by atoms with Crippen molar-refractivity contribution in [2.45, 2.75) is 26.3 Å². The number of aryl methyl sites for hydroxylation is 1. The van der Waals surface area contributed by atoms with Crippen LogP contribution in [0.15, 0.2) is 55.0 Å². The second-order valence-corrected chi connectivity index (χ2v) is 7.47. The SMILES string of the molecule is CC(C)c1c(C#N)cccc1C(=O)Nc1ccc2cnn(-c3cnn(CCF)c3)c2c1. The standard InChI is InChI=1S/C23H21FN6O/c1-15(2)22-16(11-25)4-3-5-20(22)23(31)28-18-7-6-17-12-27-30(21(17)10-18)19-13-26-29(14-19)9-8-24/h3-7,10,12-15H,8-9H2,1-2H3,(H,28,31). The normalized spacial score (nSPS) is 11.1. The molecule has 0 aliphatic rings. The molecule has 2 heterocycles. The first-order valence-electron chi connectivity index (χ1n) is 9.92. The number of nitriles is 1. The van der Waals surface area contributed by atoms with Gasteiger partial charge in [0.25, 0.3) is 5.91 Å². The molecule has 0 saturated heterocycles. The molecule has 2 aromatic carbocycles. The average Bonchev–Trinajstić information content (AvgIpc) is 3.39. The Morgan fingerprint density at radius 3 is 2.81 bits per heavy atom. The van der Waals surface area contributed by atoms with E-state index in [2.05, 4.69) is 21.6 Å². The zero-order valence-corrected chi connectivity index (χ0v) is 17.2. The third-order valence-electron chi connectivity index (χ3n) is 5.06. The highest BCUT2D eigenvalue weighted by molar-refractivity contribution is 6.06. The van der Waals surface area contributed by atoms with Crippen LogP contribution in [0.3, 0.4) is 0 Å². The Morgan fingerprint density at radius 1 is 1.23 bits per heavy atom. The fraction of sp³-hybridized carbons (Fsp3) is 0.217. The van der Waals surface area contributed by atoms with Crippen molar-refractivity contribution >= 4 is 22.5 Å². The summed E-state index contributed by atoms with van der Waals surface area (Å²) in [5.41, 5.74) is 3.81. The number of nitrogens with one attached hydrogen (secondary N) is 1. The maximum atomic E-state index is 13.0. The van der Waals surface area contributed by atoms with E-state index < -0.39 is 6.67 Å². The van der Waals surface area contributed by atoms with Crippen molar-refractivity contribution in [1.29, 1.82) is 5.26 Å². The van der Waals surface area contributed by atoms with E-state index in [0.717, 1.165) is 16.5 Å². The molecule has 2 aromatic heterocycles. The van der Waals surface area contributed by atoms with Gasteiger partial charge in [0.2, 0.25) is 0 Å². The minimum Gasteiger partial charge on any atom is -0.322 e. The molecule has 8 heteroatoms. The van der Waals surface area contributed by atoms with Gasteiger partial charge in [-0.15, -0.1) is 0 Å². The van der Waals surface area contributed by atoms with Crippen LogP contribution in [0.25, 0.3) is 16.6 Å². The molecule has 0 radical (unpaired) electrons. The van der Waals surface area contributed by atoms with Gasteiger partial charge >= 0.3 is 0 Å². The van der Waals surface area contributed by atoms with Crippen LogP contribution < -0.4 is 5.32 Å². The van der Waals surface area contributed by atoms with Crippen LogP contribution in [0.2, 0.25) is 0 Å². The topological polar surface area (TPSA) is 88.5 Å². The van der Waals surface area contributed by atoms with Crippen LogP contribution >= 0.6 is 0 Å². The Balaban J connectivity index is 1.67. The van der Waals surface area contributed by atoms with Gasteiger partial charge in [-0.3, -0.25) is 9.48 Å². The fourth-order valence-electron chi connectivity index (χ4n) is 3.65. The van der Waals surface area contributed by atoms with E-state index in [0.29, 0.717) is 22.5 Å². The van der Waals surface area contributed by atoms with Gasteiger partial charge in [0, 0.05) is 16.6 Å². The van der Waals surface area contributed by atoms with Gasteiger partial charge in [-0.1, -0.05) is 19.9 Å². The van der Waals surface area contributed by atoms with Crippen LogP contribution in [0.4, 0.5) is 10.1 Å². The molecule has 0 aliphatic carbocycles. The molecule has 4 aromatic rings.